The van der Waals surface area contributed by atoms with Crippen molar-refractivity contribution in [3.63, 3.8) is 0 Å². The average molecular weight is 553 g/mol. The molecule has 40 heavy (non-hydrogen) atoms. The third-order valence-electron chi connectivity index (χ3n) is 9.20. The van der Waals surface area contributed by atoms with Gasteiger partial charge in [-0.25, -0.2) is 9.37 Å². The number of likely N-dealkylation sites (tertiary alicyclic amines) is 1. The van der Waals surface area contributed by atoms with Crippen LogP contribution < -0.4 is 0 Å². The van der Waals surface area contributed by atoms with Crippen molar-refractivity contribution in [1.29, 1.82) is 0 Å². The molecule has 3 aromatic rings. The van der Waals surface area contributed by atoms with Gasteiger partial charge in [0.05, 0.1) is 30.9 Å². The Bertz CT molecular complexity index is 1400. The van der Waals surface area contributed by atoms with Crippen molar-refractivity contribution in [2.24, 2.45) is 5.92 Å². The van der Waals surface area contributed by atoms with Crippen LogP contribution >= 0.6 is 0 Å². The van der Waals surface area contributed by atoms with E-state index in [1.807, 2.05) is 26.1 Å². The van der Waals surface area contributed by atoms with Crippen LogP contribution in [0.15, 0.2) is 30.5 Å². The number of benzene rings is 1. The summed E-state index contributed by atoms with van der Waals surface area (Å²) < 4.78 is 42.9. The van der Waals surface area contributed by atoms with E-state index in [0.29, 0.717) is 47.6 Å². The molecule has 0 aliphatic carbocycles. The van der Waals surface area contributed by atoms with Crippen molar-refractivity contribution in [3.05, 3.63) is 59.2 Å². The van der Waals surface area contributed by atoms with Gasteiger partial charge < -0.3 is 18.8 Å². The highest BCUT2D eigenvalue weighted by molar-refractivity contribution is 6.03. The molecular formula is C31H38F2N4O3. The van der Waals surface area contributed by atoms with Gasteiger partial charge >= 0.3 is 0 Å². The molecule has 3 aliphatic heterocycles. The third-order valence-corrected chi connectivity index (χ3v) is 9.20. The Kier molecular flexibility index (Phi) is 7.39. The fraction of sp³-hybridized carbons (Fsp3) is 0.548. The number of hydrogen-bond donors (Lipinski definition) is 0. The van der Waals surface area contributed by atoms with Crippen molar-refractivity contribution in [3.8, 4) is 11.1 Å². The zero-order valence-electron chi connectivity index (χ0n) is 23.7. The normalized spacial score (nSPS) is 23.9. The predicted molar refractivity (Wildman–Crippen MR) is 149 cm³/mol. The highest BCUT2D eigenvalue weighted by Crippen LogP contribution is 2.38. The molecule has 1 amide bonds. The van der Waals surface area contributed by atoms with Crippen molar-refractivity contribution in [2.75, 3.05) is 39.5 Å². The third kappa shape index (κ3) is 4.82. The number of imidazole rings is 1. The van der Waals surface area contributed by atoms with Crippen LogP contribution in [0.25, 0.3) is 16.6 Å². The SMILES string of the molecule is Cc1nc(F)c2c(-c3ccc(F)cc3C(=O)N3[C@H](C)COC[C@H]3C)cc(C3CN([C@@H](C)C4CCOCC4)C3)cn12. The van der Waals surface area contributed by atoms with Gasteiger partial charge in [0, 0.05) is 50.0 Å². The molecular weight excluding hydrogens is 514 g/mol. The van der Waals surface area contributed by atoms with Gasteiger partial charge in [0.1, 0.15) is 17.2 Å². The van der Waals surface area contributed by atoms with Crippen LogP contribution in [0.5, 0.6) is 0 Å². The lowest BCUT2D eigenvalue weighted by Gasteiger charge is -2.46. The molecule has 3 saturated heterocycles. The minimum absolute atomic E-state index is 0.161. The standard InChI is InChI=1S/C31H38F2N4O3/c1-18-16-40-17-19(2)37(18)31(38)28-12-25(32)5-6-26(28)27-11-23(15-36-21(4)34-30(33)29(27)36)24-13-35(14-24)20(3)22-7-9-39-10-8-22/h5-6,11-12,15,18-20,22,24H,7-10,13-14,16-17H2,1-4H3/t18-,19-,20+/m1/s1. The number of carbonyl (C=O) groups excluding carboxylic acids is 1. The Morgan fingerprint density at radius 2 is 1.73 bits per heavy atom. The molecule has 3 atom stereocenters. The van der Waals surface area contributed by atoms with E-state index >= 15 is 4.39 Å². The number of nitrogens with zero attached hydrogens (tertiary/aromatic N) is 4. The van der Waals surface area contributed by atoms with Gasteiger partial charge in [-0.3, -0.25) is 9.69 Å². The molecule has 3 fully saturated rings. The fourth-order valence-electron chi connectivity index (χ4n) is 6.78. The number of fused-ring (bicyclic) bond motifs is 1. The van der Waals surface area contributed by atoms with Gasteiger partial charge in [-0.15, -0.1) is 0 Å². The van der Waals surface area contributed by atoms with E-state index in [1.165, 1.54) is 12.1 Å². The predicted octanol–water partition coefficient (Wildman–Crippen LogP) is 5.05. The lowest BCUT2D eigenvalue weighted by Crippen LogP contribution is -2.52. The van der Waals surface area contributed by atoms with Crippen molar-refractivity contribution < 1.29 is 23.0 Å². The van der Waals surface area contributed by atoms with Gasteiger partial charge in [0.2, 0.25) is 5.95 Å². The highest BCUT2D eigenvalue weighted by atomic mass is 19.1. The van der Waals surface area contributed by atoms with Gasteiger partial charge in [0.15, 0.2) is 0 Å². The summed E-state index contributed by atoms with van der Waals surface area (Å²) in [4.78, 5) is 22.3. The van der Waals surface area contributed by atoms with Gasteiger partial charge in [-0.05, 0) is 75.8 Å². The zero-order chi connectivity index (χ0) is 28.1. The van der Waals surface area contributed by atoms with E-state index in [1.54, 1.807) is 22.3 Å². The Labute approximate surface area is 234 Å². The number of morpholine rings is 1. The summed E-state index contributed by atoms with van der Waals surface area (Å²) in [5, 5.41) is 0. The largest absolute Gasteiger partial charge is 0.381 e. The number of aromatic nitrogens is 2. The Morgan fingerprint density at radius 1 is 1.02 bits per heavy atom. The summed E-state index contributed by atoms with van der Waals surface area (Å²) in [7, 11) is 0. The maximum atomic E-state index is 15.3. The molecule has 0 unspecified atom stereocenters. The zero-order valence-corrected chi connectivity index (χ0v) is 23.7. The number of amides is 1. The average Bonchev–Trinajstić information content (AvgIpc) is 3.20. The van der Waals surface area contributed by atoms with Crippen LogP contribution in [0.2, 0.25) is 0 Å². The molecule has 6 rings (SSSR count). The molecule has 9 heteroatoms. The summed E-state index contributed by atoms with van der Waals surface area (Å²) in [6.45, 7) is 12.3. The molecule has 3 aliphatic rings. The molecule has 0 spiro atoms. The van der Waals surface area contributed by atoms with Crippen molar-refractivity contribution in [2.45, 2.75) is 64.6 Å². The van der Waals surface area contributed by atoms with Crippen LogP contribution in [-0.4, -0.2) is 82.7 Å². The molecule has 0 N–H and O–H groups in total. The smallest absolute Gasteiger partial charge is 0.255 e. The molecule has 0 bridgehead atoms. The summed E-state index contributed by atoms with van der Waals surface area (Å²) in [6, 6.07) is 6.35. The Hall–Kier alpha value is -2.88. The number of ether oxygens (including phenoxy) is 2. The first-order valence-corrected chi connectivity index (χ1v) is 14.4. The highest BCUT2D eigenvalue weighted by Gasteiger charge is 2.37. The number of hydrogen-bond acceptors (Lipinski definition) is 5. The summed E-state index contributed by atoms with van der Waals surface area (Å²) in [5.74, 6) is 0.0588. The first-order chi connectivity index (χ1) is 19.2. The molecule has 7 nitrogen and oxygen atoms in total. The monoisotopic (exact) mass is 552 g/mol. The second-order valence-electron chi connectivity index (χ2n) is 11.8. The molecule has 2 aromatic heterocycles. The number of carbonyl (C=O) groups is 1. The maximum absolute atomic E-state index is 15.3. The van der Waals surface area contributed by atoms with Crippen LogP contribution in [0.1, 0.15) is 61.3 Å². The molecule has 5 heterocycles. The number of halogens is 2. The van der Waals surface area contributed by atoms with Gasteiger partial charge in [0.25, 0.3) is 5.91 Å². The van der Waals surface area contributed by atoms with Crippen molar-refractivity contribution >= 4 is 11.4 Å². The van der Waals surface area contributed by atoms with Crippen molar-refractivity contribution in [1.82, 2.24) is 19.2 Å². The van der Waals surface area contributed by atoms with E-state index in [4.69, 9.17) is 9.47 Å². The van der Waals surface area contributed by atoms with E-state index in [0.717, 1.165) is 44.7 Å². The Morgan fingerprint density at radius 3 is 2.42 bits per heavy atom. The number of rotatable bonds is 5. The second kappa shape index (κ2) is 10.8. The van der Waals surface area contributed by atoms with Crippen LogP contribution in [0.3, 0.4) is 0 Å². The molecule has 0 saturated carbocycles. The maximum Gasteiger partial charge on any atom is 0.255 e. The number of aryl methyl sites for hydroxylation is 1. The minimum Gasteiger partial charge on any atom is -0.381 e. The lowest BCUT2D eigenvalue weighted by molar-refractivity contribution is -0.0249. The summed E-state index contributed by atoms with van der Waals surface area (Å²) >= 11 is 0. The van der Waals surface area contributed by atoms with Gasteiger partial charge in [-0.2, -0.15) is 4.39 Å². The second-order valence-corrected chi connectivity index (χ2v) is 11.8. The van der Waals surface area contributed by atoms with E-state index in [9.17, 15) is 9.18 Å². The molecule has 0 radical (unpaired) electrons. The van der Waals surface area contributed by atoms with Crippen LogP contribution in [0, 0.1) is 24.6 Å². The quantitative estimate of drug-likeness (QED) is 0.443. The molecule has 214 valence electrons. The number of pyridine rings is 1. The van der Waals surface area contributed by atoms with Gasteiger partial charge in [-0.1, -0.05) is 6.07 Å². The first kappa shape index (κ1) is 27.3. The topological polar surface area (TPSA) is 59.3 Å². The fourth-order valence-corrected chi connectivity index (χ4v) is 6.78. The summed E-state index contributed by atoms with van der Waals surface area (Å²) in [5.41, 5.74) is 2.66. The van der Waals surface area contributed by atoms with E-state index in [-0.39, 0.29) is 29.5 Å². The Balaban J connectivity index is 1.38. The lowest BCUT2D eigenvalue weighted by atomic mass is 9.84. The minimum atomic E-state index is -0.599. The molecule has 1 aromatic carbocycles. The first-order valence-electron chi connectivity index (χ1n) is 14.4. The van der Waals surface area contributed by atoms with E-state index in [2.05, 4.69) is 16.8 Å². The van der Waals surface area contributed by atoms with Crippen LogP contribution in [0.4, 0.5) is 8.78 Å². The van der Waals surface area contributed by atoms with E-state index < -0.39 is 11.8 Å². The van der Waals surface area contributed by atoms with Crippen LogP contribution in [-0.2, 0) is 9.47 Å². The summed E-state index contributed by atoms with van der Waals surface area (Å²) in [6.07, 6.45) is 4.16.